The van der Waals surface area contributed by atoms with Crippen molar-refractivity contribution in [1.29, 1.82) is 0 Å². The summed E-state index contributed by atoms with van der Waals surface area (Å²) < 4.78 is 17.8. The molecule has 1 aromatic carbocycles. The number of carboxylic acid groups (broad SMARTS) is 1. The zero-order chi connectivity index (χ0) is 11.3. The molecule has 5 heteroatoms. The quantitative estimate of drug-likeness (QED) is 0.765. The molecule has 1 aromatic rings. The molecule has 3 N–H and O–H groups in total. The van der Waals surface area contributed by atoms with Crippen molar-refractivity contribution in [2.75, 3.05) is 6.61 Å². The van der Waals surface area contributed by atoms with E-state index in [0.29, 0.717) is 5.75 Å². The number of hydrogen-bond acceptors (Lipinski definition) is 3. The van der Waals surface area contributed by atoms with Gasteiger partial charge in [-0.05, 0) is 12.1 Å². The fourth-order valence-electron chi connectivity index (χ4n) is 0.984. The molecule has 1 atom stereocenters. The number of carbonyl (C=O) groups is 1. The summed E-state index contributed by atoms with van der Waals surface area (Å²) >= 11 is 0. The Morgan fingerprint density at radius 2 is 2.33 bits per heavy atom. The summed E-state index contributed by atoms with van der Waals surface area (Å²) in [4.78, 5) is 10.4. The maximum absolute atomic E-state index is 12.7. The van der Waals surface area contributed by atoms with Crippen LogP contribution >= 0.6 is 0 Å². The van der Waals surface area contributed by atoms with E-state index in [2.05, 4.69) is 0 Å². The van der Waals surface area contributed by atoms with Crippen molar-refractivity contribution in [2.45, 2.75) is 12.5 Å². The molecule has 1 unspecified atom stereocenters. The van der Waals surface area contributed by atoms with E-state index in [1.54, 1.807) is 6.07 Å². The summed E-state index contributed by atoms with van der Waals surface area (Å²) in [7, 11) is 0. The lowest BCUT2D eigenvalue weighted by Crippen LogP contribution is -2.31. The first-order valence-corrected chi connectivity index (χ1v) is 4.46. The van der Waals surface area contributed by atoms with Crippen LogP contribution in [0.2, 0.25) is 0 Å². The third-order valence-electron chi connectivity index (χ3n) is 1.81. The van der Waals surface area contributed by atoms with Crippen LogP contribution in [0.3, 0.4) is 0 Å². The summed E-state index contributed by atoms with van der Waals surface area (Å²) in [6.45, 7) is 0.150. The monoisotopic (exact) mass is 213 g/mol. The van der Waals surface area contributed by atoms with Crippen molar-refractivity contribution >= 4 is 5.97 Å². The first-order valence-electron chi connectivity index (χ1n) is 4.46. The average Bonchev–Trinajstić information content (AvgIpc) is 2.17. The molecular formula is C10H12FNO3. The van der Waals surface area contributed by atoms with Gasteiger partial charge in [0, 0.05) is 12.5 Å². The van der Waals surface area contributed by atoms with Gasteiger partial charge in [0.25, 0.3) is 0 Å². The van der Waals surface area contributed by atoms with E-state index in [0.717, 1.165) is 0 Å². The molecule has 15 heavy (non-hydrogen) atoms. The highest BCUT2D eigenvalue weighted by atomic mass is 19.1. The number of carboxylic acids is 1. The standard InChI is InChI=1S/C10H12FNO3/c11-7-2-1-3-8(6-7)15-5-4-9(12)10(13)14/h1-3,6,9H,4-5,12H2,(H,13,14). The Balaban J connectivity index is 2.35. The number of halogens is 1. The van der Waals surface area contributed by atoms with Gasteiger partial charge in [-0.25, -0.2) is 4.39 Å². The van der Waals surface area contributed by atoms with Crippen molar-refractivity contribution in [3.8, 4) is 5.75 Å². The molecule has 0 spiro atoms. The summed E-state index contributed by atoms with van der Waals surface area (Å²) in [5.41, 5.74) is 5.26. The molecule has 4 nitrogen and oxygen atoms in total. The summed E-state index contributed by atoms with van der Waals surface area (Å²) in [5, 5.41) is 8.48. The van der Waals surface area contributed by atoms with Crippen LogP contribution in [0, 0.1) is 5.82 Å². The molecular weight excluding hydrogens is 201 g/mol. The first kappa shape index (κ1) is 11.5. The lowest BCUT2D eigenvalue weighted by molar-refractivity contribution is -0.138. The Kier molecular flexibility index (Phi) is 4.05. The molecule has 0 aliphatic rings. The van der Waals surface area contributed by atoms with Crippen LogP contribution in [-0.4, -0.2) is 23.7 Å². The molecule has 82 valence electrons. The molecule has 0 aliphatic carbocycles. The van der Waals surface area contributed by atoms with Crippen LogP contribution in [0.25, 0.3) is 0 Å². The lowest BCUT2D eigenvalue weighted by atomic mass is 10.2. The second-order valence-electron chi connectivity index (χ2n) is 3.04. The fourth-order valence-corrected chi connectivity index (χ4v) is 0.984. The van der Waals surface area contributed by atoms with E-state index in [9.17, 15) is 9.18 Å². The minimum Gasteiger partial charge on any atom is -0.493 e. The molecule has 1 rings (SSSR count). The largest absolute Gasteiger partial charge is 0.493 e. The minimum absolute atomic E-state index is 0.150. The van der Waals surface area contributed by atoms with Crippen LogP contribution in [-0.2, 0) is 4.79 Å². The van der Waals surface area contributed by atoms with Gasteiger partial charge in [-0.2, -0.15) is 0 Å². The molecule has 0 saturated carbocycles. The van der Waals surface area contributed by atoms with Gasteiger partial charge in [-0.3, -0.25) is 4.79 Å². The predicted molar refractivity (Wildman–Crippen MR) is 52.1 cm³/mol. The van der Waals surface area contributed by atoms with E-state index in [-0.39, 0.29) is 13.0 Å². The van der Waals surface area contributed by atoms with E-state index in [1.165, 1.54) is 18.2 Å². The topological polar surface area (TPSA) is 72.5 Å². The maximum atomic E-state index is 12.7. The smallest absolute Gasteiger partial charge is 0.320 e. The van der Waals surface area contributed by atoms with Gasteiger partial charge < -0.3 is 15.6 Å². The Bertz CT molecular complexity index is 343. The number of aliphatic carboxylic acids is 1. The highest BCUT2D eigenvalue weighted by Crippen LogP contribution is 2.12. The number of hydrogen-bond donors (Lipinski definition) is 2. The van der Waals surface area contributed by atoms with E-state index in [4.69, 9.17) is 15.6 Å². The number of rotatable bonds is 5. The Labute approximate surface area is 86.5 Å². The third-order valence-corrected chi connectivity index (χ3v) is 1.81. The van der Waals surface area contributed by atoms with Gasteiger partial charge in [0.15, 0.2) is 0 Å². The predicted octanol–water partition coefficient (Wildman–Crippen LogP) is 1.01. The van der Waals surface area contributed by atoms with Crippen molar-refractivity contribution in [1.82, 2.24) is 0 Å². The van der Waals surface area contributed by atoms with E-state index < -0.39 is 17.8 Å². The molecule has 0 bridgehead atoms. The maximum Gasteiger partial charge on any atom is 0.320 e. The van der Waals surface area contributed by atoms with Gasteiger partial charge >= 0.3 is 5.97 Å². The number of nitrogens with two attached hydrogens (primary N) is 1. The summed E-state index contributed by atoms with van der Waals surface area (Å²) in [6, 6.07) is 4.69. The van der Waals surface area contributed by atoms with Gasteiger partial charge in [0.2, 0.25) is 0 Å². The normalized spacial score (nSPS) is 12.1. The van der Waals surface area contributed by atoms with Crippen LogP contribution in [0.15, 0.2) is 24.3 Å². The highest BCUT2D eigenvalue weighted by Gasteiger charge is 2.10. The van der Waals surface area contributed by atoms with Gasteiger partial charge in [0.05, 0.1) is 6.61 Å². The summed E-state index contributed by atoms with van der Waals surface area (Å²) in [5.74, 6) is -1.10. The van der Waals surface area contributed by atoms with Crippen molar-refractivity contribution in [3.63, 3.8) is 0 Å². The molecule has 0 saturated heterocycles. The third kappa shape index (κ3) is 3.95. The summed E-state index contributed by atoms with van der Waals surface area (Å²) in [6.07, 6.45) is 0.186. The Morgan fingerprint density at radius 3 is 2.93 bits per heavy atom. The van der Waals surface area contributed by atoms with E-state index >= 15 is 0 Å². The van der Waals surface area contributed by atoms with E-state index in [1.807, 2.05) is 0 Å². The van der Waals surface area contributed by atoms with Crippen molar-refractivity contribution in [3.05, 3.63) is 30.1 Å². The van der Waals surface area contributed by atoms with Gasteiger partial charge in [-0.15, -0.1) is 0 Å². The first-order chi connectivity index (χ1) is 7.09. The average molecular weight is 213 g/mol. The molecule has 0 amide bonds. The fraction of sp³-hybridized carbons (Fsp3) is 0.300. The van der Waals surface area contributed by atoms with Crippen molar-refractivity contribution < 1.29 is 19.0 Å². The molecule has 0 aliphatic heterocycles. The Morgan fingerprint density at radius 1 is 1.60 bits per heavy atom. The minimum atomic E-state index is -1.07. The highest BCUT2D eigenvalue weighted by molar-refractivity contribution is 5.72. The van der Waals surface area contributed by atoms with Gasteiger partial charge in [-0.1, -0.05) is 6.07 Å². The van der Waals surface area contributed by atoms with Crippen LogP contribution in [0.1, 0.15) is 6.42 Å². The second kappa shape index (κ2) is 5.31. The molecule has 0 aromatic heterocycles. The van der Waals surface area contributed by atoms with Crippen molar-refractivity contribution in [2.24, 2.45) is 5.73 Å². The zero-order valence-electron chi connectivity index (χ0n) is 8.02. The Hall–Kier alpha value is -1.62. The number of benzene rings is 1. The lowest BCUT2D eigenvalue weighted by Gasteiger charge is -2.08. The molecule has 0 fully saturated rings. The van der Waals surface area contributed by atoms with Crippen LogP contribution in [0.4, 0.5) is 4.39 Å². The molecule has 0 radical (unpaired) electrons. The number of ether oxygens (including phenoxy) is 1. The zero-order valence-corrected chi connectivity index (χ0v) is 8.02. The van der Waals surface area contributed by atoms with Crippen LogP contribution < -0.4 is 10.5 Å². The van der Waals surface area contributed by atoms with Gasteiger partial charge in [0.1, 0.15) is 17.6 Å². The molecule has 0 heterocycles. The van der Waals surface area contributed by atoms with Crippen LogP contribution in [0.5, 0.6) is 5.75 Å². The SMILES string of the molecule is NC(CCOc1cccc(F)c1)C(=O)O. The second-order valence-corrected chi connectivity index (χ2v) is 3.04.